The van der Waals surface area contributed by atoms with Gasteiger partial charge < -0.3 is 10.5 Å². The Morgan fingerprint density at radius 3 is 3.12 bits per heavy atom. The van der Waals surface area contributed by atoms with Crippen molar-refractivity contribution in [3.05, 3.63) is 0 Å². The molecule has 0 saturated carbocycles. The highest BCUT2D eigenvalue weighted by atomic mass is 16.5. The number of nitrogens with one attached hydrogen (secondary N) is 2. The van der Waals surface area contributed by atoms with Crippen molar-refractivity contribution in [1.29, 1.82) is 0 Å². The van der Waals surface area contributed by atoms with E-state index >= 15 is 0 Å². The lowest BCUT2D eigenvalue weighted by atomic mass is 10.2. The normalized spacial score (nSPS) is 28.9. The summed E-state index contributed by atoms with van der Waals surface area (Å²) in [7, 11) is 0. The standard InChI is InChI=1S/C5H12N2O/c8-7-4-5-2-1-3-6-5/h5-8H,1-4H2. The largest absolute Gasteiger partial charge is 0.317 e. The molecule has 1 unspecified atom stereocenters. The van der Waals surface area contributed by atoms with Crippen molar-refractivity contribution in [1.82, 2.24) is 10.8 Å². The van der Waals surface area contributed by atoms with Crippen molar-refractivity contribution >= 4 is 0 Å². The van der Waals surface area contributed by atoms with Crippen LogP contribution in [0.5, 0.6) is 0 Å². The van der Waals surface area contributed by atoms with Gasteiger partial charge in [0.15, 0.2) is 0 Å². The smallest absolute Gasteiger partial charge is 0.0361 e. The molecule has 0 spiro atoms. The van der Waals surface area contributed by atoms with Crippen LogP contribution < -0.4 is 10.8 Å². The maximum atomic E-state index is 8.24. The second kappa shape index (κ2) is 3.02. The van der Waals surface area contributed by atoms with E-state index in [2.05, 4.69) is 10.8 Å². The van der Waals surface area contributed by atoms with Gasteiger partial charge in [-0.05, 0) is 19.4 Å². The van der Waals surface area contributed by atoms with Crippen LogP contribution in [0, 0.1) is 0 Å². The number of rotatable bonds is 2. The quantitative estimate of drug-likeness (QED) is 0.435. The predicted octanol–water partition coefficient (Wildman–Crippen LogP) is -0.283. The highest BCUT2D eigenvalue weighted by molar-refractivity contribution is 4.74. The van der Waals surface area contributed by atoms with E-state index in [0.717, 1.165) is 6.54 Å². The van der Waals surface area contributed by atoms with Crippen molar-refractivity contribution in [3.8, 4) is 0 Å². The van der Waals surface area contributed by atoms with Crippen LogP contribution >= 0.6 is 0 Å². The van der Waals surface area contributed by atoms with Crippen molar-refractivity contribution in [2.75, 3.05) is 13.1 Å². The van der Waals surface area contributed by atoms with E-state index < -0.39 is 0 Å². The third-order valence-corrected chi connectivity index (χ3v) is 1.50. The SMILES string of the molecule is ONCC1CCCN1. The Morgan fingerprint density at radius 2 is 2.62 bits per heavy atom. The highest BCUT2D eigenvalue weighted by Crippen LogP contribution is 2.02. The Hall–Kier alpha value is -0.120. The highest BCUT2D eigenvalue weighted by Gasteiger charge is 2.11. The first-order chi connectivity index (χ1) is 3.93. The summed E-state index contributed by atoms with van der Waals surface area (Å²) in [6.07, 6.45) is 2.43. The molecule has 1 atom stereocenters. The molecular formula is C5H12N2O. The van der Waals surface area contributed by atoms with Gasteiger partial charge in [-0.2, -0.15) is 0 Å². The second-order valence-electron chi connectivity index (χ2n) is 2.16. The van der Waals surface area contributed by atoms with E-state index in [4.69, 9.17) is 5.21 Å². The second-order valence-corrected chi connectivity index (χ2v) is 2.16. The van der Waals surface area contributed by atoms with Gasteiger partial charge in [-0.25, -0.2) is 5.48 Å². The Morgan fingerprint density at radius 1 is 1.75 bits per heavy atom. The minimum absolute atomic E-state index is 0.500. The maximum Gasteiger partial charge on any atom is 0.0361 e. The number of hydrogen-bond donors (Lipinski definition) is 3. The Bertz CT molecular complexity index is 61.4. The molecule has 1 fully saturated rings. The van der Waals surface area contributed by atoms with Crippen molar-refractivity contribution in [3.63, 3.8) is 0 Å². The molecule has 1 aliphatic heterocycles. The molecule has 3 N–H and O–H groups in total. The molecule has 1 heterocycles. The van der Waals surface area contributed by atoms with Gasteiger partial charge in [0.25, 0.3) is 0 Å². The first kappa shape index (κ1) is 6.01. The van der Waals surface area contributed by atoms with E-state index in [1.54, 1.807) is 0 Å². The Labute approximate surface area is 49.0 Å². The summed E-state index contributed by atoms with van der Waals surface area (Å²) in [6, 6.07) is 0.500. The van der Waals surface area contributed by atoms with Gasteiger partial charge in [0.1, 0.15) is 0 Å². The predicted molar refractivity (Wildman–Crippen MR) is 30.8 cm³/mol. The van der Waals surface area contributed by atoms with Gasteiger partial charge >= 0.3 is 0 Å². The summed E-state index contributed by atoms with van der Waals surface area (Å²) in [5, 5.41) is 11.5. The van der Waals surface area contributed by atoms with E-state index in [9.17, 15) is 0 Å². The van der Waals surface area contributed by atoms with Crippen molar-refractivity contribution in [2.45, 2.75) is 18.9 Å². The summed E-state index contributed by atoms with van der Waals surface area (Å²) < 4.78 is 0. The van der Waals surface area contributed by atoms with Gasteiger partial charge in [0.05, 0.1) is 0 Å². The van der Waals surface area contributed by atoms with Gasteiger partial charge in [-0.15, -0.1) is 0 Å². The van der Waals surface area contributed by atoms with Crippen LogP contribution in [0.3, 0.4) is 0 Å². The van der Waals surface area contributed by atoms with Crippen LogP contribution in [-0.4, -0.2) is 24.3 Å². The fourth-order valence-corrected chi connectivity index (χ4v) is 1.04. The Balaban J connectivity index is 2.06. The summed E-state index contributed by atoms with van der Waals surface area (Å²) in [4.78, 5) is 0. The molecule has 0 amide bonds. The van der Waals surface area contributed by atoms with Gasteiger partial charge in [-0.1, -0.05) is 0 Å². The molecular weight excluding hydrogens is 104 g/mol. The van der Waals surface area contributed by atoms with Gasteiger partial charge in [-0.3, -0.25) is 0 Å². The van der Waals surface area contributed by atoms with Crippen LogP contribution in [-0.2, 0) is 0 Å². The van der Waals surface area contributed by atoms with Gasteiger partial charge in [0, 0.05) is 12.6 Å². The third-order valence-electron chi connectivity index (χ3n) is 1.50. The molecule has 3 nitrogen and oxygen atoms in total. The van der Waals surface area contributed by atoms with Crippen LogP contribution in [0.2, 0.25) is 0 Å². The number of hydrogen-bond acceptors (Lipinski definition) is 3. The zero-order valence-corrected chi connectivity index (χ0v) is 4.85. The van der Waals surface area contributed by atoms with Crippen LogP contribution in [0.15, 0.2) is 0 Å². The van der Waals surface area contributed by atoms with Crippen LogP contribution in [0.1, 0.15) is 12.8 Å². The molecule has 3 heteroatoms. The molecule has 48 valence electrons. The van der Waals surface area contributed by atoms with E-state index in [1.165, 1.54) is 12.8 Å². The van der Waals surface area contributed by atoms with Crippen LogP contribution in [0.25, 0.3) is 0 Å². The number of hydroxylamine groups is 1. The molecule has 1 aliphatic rings. The van der Waals surface area contributed by atoms with E-state index in [0.29, 0.717) is 12.6 Å². The minimum Gasteiger partial charge on any atom is -0.317 e. The molecule has 0 aliphatic carbocycles. The third kappa shape index (κ3) is 1.43. The maximum absolute atomic E-state index is 8.24. The summed E-state index contributed by atoms with van der Waals surface area (Å²) in [5.74, 6) is 0. The average molecular weight is 116 g/mol. The lowest BCUT2D eigenvalue weighted by Gasteiger charge is -2.05. The summed E-state index contributed by atoms with van der Waals surface area (Å²) in [5.41, 5.74) is 2.15. The zero-order valence-electron chi connectivity index (χ0n) is 4.85. The molecule has 0 aromatic heterocycles. The first-order valence-electron chi connectivity index (χ1n) is 3.04. The summed E-state index contributed by atoms with van der Waals surface area (Å²) in [6.45, 7) is 1.78. The van der Waals surface area contributed by atoms with Crippen LogP contribution in [0.4, 0.5) is 0 Å². The average Bonchev–Trinajstić information content (AvgIpc) is 2.19. The van der Waals surface area contributed by atoms with Crippen molar-refractivity contribution in [2.24, 2.45) is 0 Å². The van der Waals surface area contributed by atoms with Gasteiger partial charge in [0.2, 0.25) is 0 Å². The lowest BCUT2D eigenvalue weighted by Crippen LogP contribution is -2.32. The van der Waals surface area contributed by atoms with Crippen molar-refractivity contribution < 1.29 is 5.21 Å². The lowest BCUT2D eigenvalue weighted by molar-refractivity contribution is 0.157. The first-order valence-corrected chi connectivity index (χ1v) is 3.04. The Kier molecular flexibility index (Phi) is 2.27. The fraction of sp³-hybridized carbons (Fsp3) is 1.00. The molecule has 1 rings (SSSR count). The minimum atomic E-state index is 0.500. The molecule has 8 heavy (non-hydrogen) atoms. The monoisotopic (exact) mass is 116 g/mol. The molecule has 0 aromatic carbocycles. The topological polar surface area (TPSA) is 44.3 Å². The van der Waals surface area contributed by atoms with E-state index in [1.807, 2.05) is 0 Å². The zero-order chi connectivity index (χ0) is 5.82. The molecule has 0 bridgehead atoms. The molecule has 1 saturated heterocycles. The molecule has 0 aromatic rings. The molecule has 0 radical (unpaired) electrons. The van der Waals surface area contributed by atoms with E-state index in [-0.39, 0.29) is 0 Å². The fourth-order valence-electron chi connectivity index (χ4n) is 1.04. The summed E-state index contributed by atoms with van der Waals surface area (Å²) >= 11 is 0.